The first kappa shape index (κ1) is 30.7. The van der Waals surface area contributed by atoms with Crippen LogP contribution in [0.4, 0.5) is 10.5 Å². The predicted octanol–water partition coefficient (Wildman–Crippen LogP) is 5.95. The first-order valence-corrected chi connectivity index (χ1v) is 13.0. The zero-order chi connectivity index (χ0) is 28.8. The van der Waals surface area contributed by atoms with Gasteiger partial charge in [0.25, 0.3) is 5.91 Å². The van der Waals surface area contributed by atoms with E-state index in [4.69, 9.17) is 4.74 Å². The summed E-state index contributed by atoms with van der Waals surface area (Å²) >= 11 is 0. The summed E-state index contributed by atoms with van der Waals surface area (Å²) in [5, 5.41) is 15.9. The summed E-state index contributed by atoms with van der Waals surface area (Å²) in [5.41, 5.74) is 0.362. The first-order chi connectivity index (χ1) is 17.5. The SMILES string of the molecule is Cc1ccccc1NC(=O)C(c1cccc(O)c1)N(C(=O)C(CC(C)C)NC(=O)OC(C)(C)C)C(C)(C)C. The number of para-hydroxylation sites is 1. The minimum absolute atomic E-state index is 0.0249. The van der Waals surface area contributed by atoms with E-state index in [1.807, 2.05) is 59.7 Å². The van der Waals surface area contributed by atoms with Gasteiger partial charge in [0.05, 0.1) is 0 Å². The van der Waals surface area contributed by atoms with Crippen molar-refractivity contribution >= 4 is 23.6 Å². The van der Waals surface area contributed by atoms with Crippen LogP contribution in [0.1, 0.15) is 79.0 Å². The van der Waals surface area contributed by atoms with Crippen LogP contribution >= 0.6 is 0 Å². The largest absolute Gasteiger partial charge is 0.508 e. The maximum absolute atomic E-state index is 14.3. The van der Waals surface area contributed by atoms with E-state index in [1.54, 1.807) is 39.0 Å². The number of phenolic OH excluding ortho intramolecular Hbond substituents is 1. The second-order valence-electron chi connectivity index (χ2n) is 12.0. The molecule has 0 aliphatic rings. The van der Waals surface area contributed by atoms with Gasteiger partial charge in [0, 0.05) is 11.2 Å². The fraction of sp³-hybridized carbons (Fsp3) is 0.500. The summed E-state index contributed by atoms with van der Waals surface area (Å²) < 4.78 is 5.43. The molecule has 2 unspecified atom stereocenters. The number of ether oxygens (including phenoxy) is 1. The van der Waals surface area contributed by atoms with E-state index in [0.29, 0.717) is 17.7 Å². The molecule has 0 spiro atoms. The Kier molecular flexibility index (Phi) is 9.95. The zero-order valence-corrected chi connectivity index (χ0v) is 24.1. The molecule has 0 saturated heterocycles. The molecule has 2 aromatic carbocycles. The van der Waals surface area contributed by atoms with Crippen molar-refractivity contribution in [3.05, 3.63) is 59.7 Å². The topological polar surface area (TPSA) is 108 Å². The number of carbonyl (C=O) groups excluding carboxylic acids is 3. The maximum Gasteiger partial charge on any atom is 0.408 e. The predicted molar refractivity (Wildman–Crippen MR) is 150 cm³/mol. The van der Waals surface area contributed by atoms with Gasteiger partial charge in [0.15, 0.2) is 0 Å². The molecule has 0 aliphatic heterocycles. The number of aromatic hydroxyl groups is 1. The summed E-state index contributed by atoms with van der Waals surface area (Å²) in [6.07, 6.45) is -0.361. The van der Waals surface area contributed by atoms with Gasteiger partial charge in [-0.15, -0.1) is 0 Å². The minimum atomic E-state index is -1.09. The molecule has 0 radical (unpaired) electrons. The third-order valence-corrected chi connectivity index (χ3v) is 5.75. The average Bonchev–Trinajstić information content (AvgIpc) is 2.75. The molecule has 0 aromatic heterocycles. The highest BCUT2D eigenvalue weighted by molar-refractivity contribution is 5.99. The van der Waals surface area contributed by atoms with Crippen molar-refractivity contribution in [2.45, 2.75) is 92.0 Å². The van der Waals surface area contributed by atoms with Crippen molar-refractivity contribution < 1.29 is 24.2 Å². The lowest BCUT2D eigenvalue weighted by atomic mass is 9.93. The Labute approximate surface area is 226 Å². The van der Waals surface area contributed by atoms with Crippen molar-refractivity contribution in [3.8, 4) is 5.75 Å². The molecule has 0 heterocycles. The molecule has 3 N–H and O–H groups in total. The number of hydrogen-bond donors (Lipinski definition) is 3. The zero-order valence-electron chi connectivity index (χ0n) is 24.1. The first-order valence-electron chi connectivity index (χ1n) is 13.0. The second-order valence-corrected chi connectivity index (χ2v) is 12.0. The molecule has 2 rings (SSSR count). The van der Waals surface area contributed by atoms with Gasteiger partial charge in [-0.2, -0.15) is 0 Å². The third kappa shape index (κ3) is 8.78. The molecule has 208 valence electrons. The van der Waals surface area contributed by atoms with Gasteiger partial charge in [0.1, 0.15) is 23.4 Å². The minimum Gasteiger partial charge on any atom is -0.508 e. The molecule has 0 fully saturated rings. The van der Waals surface area contributed by atoms with Crippen LogP contribution in [0.25, 0.3) is 0 Å². The van der Waals surface area contributed by atoms with Crippen LogP contribution < -0.4 is 10.6 Å². The normalized spacial score (nSPS) is 13.4. The van der Waals surface area contributed by atoms with Gasteiger partial charge in [-0.1, -0.05) is 44.2 Å². The third-order valence-electron chi connectivity index (χ3n) is 5.75. The molecule has 8 heteroatoms. The summed E-state index contributed by atoms with van der Waals surface area (Å²) in [5.74, 6) is -0.817. The maximum atomic E-state index is 14.3. The summed E-state index contributed by atoms with van der Waals surface area (Å²) in [6.45, 7) is 16.6. The van der Waals surface area contributed by atoms with Crippen LogP contribution in [0.3, 0.4) is 0 Å². The molecule has 8 nitrogen and oxygen atoms in total. The van der Waals surface area contributed by atoms with Crippen LogP contribution in [0.5, 0.6) is 5.75 Å². The molecular weight excluding hydrogens is 482 g/mol. The fourth-order valence-corrected chi connectivity index (χ4v) is 4.18. The molecular formula is C30H43N3O5. The van der Waals surface area contributed by atoms with Gasteiger partial charge in [0.2, 0.25) is 5.91 Å². The van der Waals surface area contributed by atoms with Crippen LogP contribution in [-0.4, -0.2) is 45.1 Å². The monoisotopic (exact) mass is 525 g/mol. The lowest BCUT2D eigenvalue weighted by molar-refractivity contribution is -0.147. The Hall–Kier alpha value is -3.55. The number of amides is 3. The molecule has 38 heavy (non-hydrogen) atoms. The van der Waals surface area contributed by atoms with Gasteiger partial charge in [-0.25, -0.2) is 4.79 Å². The number of nitrogens with zero attached hydrogens (tertiary/aromatic N) is 1. The summed E-state index contributed by atoms with van der Waals surface area (Å²) in [7, 11) is 0. The second kappa shape index (κ2) is 12.3. The lowest BCUT2D eigenvalue weighted by Crippen LogP contribution is -2.58. The number of benzene rings is 2. The molecule has 2 aromatic rings. The molecule has 0 aliphatic carbocycles. The average molecular weight is 526 g/mol. The van der Waals surface area contributed by atoms with E-state index < -0.39 is 41.1 Å². The van der Waals surface area contributed by atoms with E-state index in [9.17, 15) is 19.5 Å². The smallest absolute Gasteiger partial charge is 0.408 e. The van der Waals surface area contributed by atoms with Gasteiger partial charge >= 0.3 is 6.09 Å². The molecule has 0 bridgehead atoms. The quantitative estimate of drug-likeness (QED) is 0.395. The summed E-state index contributed by atoms with van der Waals surface area (Å²) in [6, 6.07) is 11.7. The van der Waals surface area contributed by atoms with Crippen molar-refractivity contribution in [2.24, 2.45) is 5.92 Å². The number of phenols is 1. The molecule has 3 amide bonds. The number of nitrogens with one attached hydrogen (secondary N) is 2. The number of anilines is 1. The number of hydrogen-bond acceptors (Lipinski definition) is 5. The lowest BCUT2D eigenvalue weighted by Gasteiger charge is -2.43. The Morgan fingerprint density at radius 1 is 0.974 bits per heavy atom. The van der Waals surface area contributed by atoms with E-state index in [0.717, 1.165) is 5.56 Å². The van der Waals surface area contributed by atoms with E-state index in [1.165, 1.54) is 17.0 Å². The number of rotatable bonds is 8. The Morgan fingerprint density at radius 2 is 1.61 bits per heavy atom. The standard InChI is InChI=1S/C30H43N3O5/c1-19(2)17-24(32-28(37)38-30(7,8)9)27(36)33(29(4,5)6)25(21-14-12-15-22(34)18-21)26(35)31-23-16-11-10-13-20(23)3/h10-16,18-19,24-25,34H,17H2,1-9H3,(H,31,35)(H,32,37). The Bertz CT molecular complexity index is 1130. The molecule has 0 saturated carbocycles. The van der Waals surface area contributed by atoms with E-state index in [-0.39, 0.29) is 11.7 Å². The van der Waals surface area contributed by atoms with Crippen molar-refractivity contribution in [1.82, 2.24) is 10.2 Å². The number of alkyl carbamates (subject to hydrolysis) is 1. The highest BCUT2D eigenvalue weighted by atomic mass is 16.6. The van der Waals surface area contributed by atoms with Crippen LogP contribution in [0.2, 0.25) is 0 Å². The fourth-order valence-electron chi connectivity index (χ4n) is 4.18. The van der Waals surface area contributed by atoms with Crippen LogP contribution in [-0.2, 0) is 14.3 Å². The Morgan fingerprint density at radius 3 is 2.13 bits per heavy atom. The van der Waals surface area contributed by atoms with E-state index in [2.05, 4.69) is 10.6 Å². The van der Waals surface area contributed by atoms with E-state index >= 15 is 0 Å². The van der Waals surface area contributed by atoms with Gasteiger partial charge in [-0.3, -0.25) is 9.59 Å². The van der Waals surface area contributed by atoms with Crippen molar-refractivity contribution in [2.75, 3.05) is 5.32 Å². The van der Waals surface area contributed by atoms with Crippen molar-refractivity contribution in [3.63, 3.8) is 0 Å². The highest BCUT2D eigenvalue weighted by Gasteiger charge is 2.42. The van der Waals surface area contributed by atoms with Gasteiger partial charge in [-0.05, 0) is 90.1 Å². The number of carbonyl (C=O) groups is 3. The summed E-state index contributed by atoms with van der Waals surface area (Å²) in [4.78, 5) is 42.4. The number of aryl methyl sites for hydroxylation is 1. The Balaban J connectivity index is 2.60. The van der Waals surface area contributed by atoms with Crippen LogP contribution in [0, 0.1) is 12.8 Å². The highest BCUT2D eigenvalue weighted by Crippen LogP contribution is 2.33. The molecule has 2 atom stereocenters. The van der Waals surface area contributed by atoms with Gasteiger partial charge < -0.3 is 25.4 Å². The van der Waals surface area contributed by atoms with Crippen LogP contribution in [0.15, 0.2) is 48.5 Å². The van der Waals surface area contributed by atoms with Crippen molar-refractivity contribution in [1.29, 1.82) is 0 Å².